The summed E-state index contributed by atoms with van der Waals surface area (Å²) in [4.78, 5) is 11.1. The molecule has 1 heterocycles. The summed E-state index contributed by atoms with van der Waals surface area (Å²) in [6.45, 7) is 5.87. The Balaban J connectivity index is 3.26. The number of hydrogen-bond donors (Lipinski definition) is 1. The Morgan fingerprint density at radius 3 is 2.47 bits per heavy atom. The highest BCUT2D eigenvalue weighted by atomic mass is 16.5. The molecule has 1 aromatic heterocycles. The van der Waals surface area contributed by atoms with Crippen molar-refractivity contribution in [2.75, 3.05) is 7.11 Å². The second-order valence-electron chi connectivity index (χ2n) is 3.92. The van der Waals surface area contributed by atoms with Crippen molar-refractivity contribution in [3.05, 3.63) is 11.4 Å². The van der Waals surface area contributed by atoms with Crippen LogP contribution in [0.4, 0.5) is 0 Å². The van der Waals surface area contributed by atoms with Crippen LogP contribution in [0.1, 0.15) is 61.9 Å². The van der Waals surface area contributed by atoms with Gasteiger partial charge >= 0.3 is 5.97 Å². The third-order valence-corrected chi connectivity index (χ3v) is 2.96. The van der Waals surface area contributed by atoms with Gasteiger partial charge in [-0.15, -0.1) is 5.10 Å². The lowest BCUT2D eigenvalue weighted by atomic mass is 10.1. The molecule has 0 radical (unpaired) electrons. The summed E-state index contributed by atoms with van der Waals surface area (Å²) < 4.78 is 6.88. The predicted octanol–water partition coefficient (Wildman–Crippen LogP) is 2.04. The van der Waals surface area contributed by atoms with Gasteiger partial charge in [0.2, 0.25) is 0 Å². The molecule has 17 heavy (non-hydrogen) atoms. The van der Waals surface area contributed by atoms with Gasteiger partial charge in [0.25, 0.3) is 0 Å². The zero-order valence-corrected chi connectivity index (χ0v) is 10.7. The highest BCUT2D eigenvalue weighted by Gasteiger charge is 2.26. The second kappa shape index (κ2) is 5.77. The molecule has 0 fully saturated rings. The number of carbonyl (C=O) groups is 1. The Morgan fingerprint density at radius 2 is 2.06 bits per heavy atom. The highest BCUT2D eigenvalue weighted by molar-refractivity contribution is 5.86. The number of nitrogens with zero attached hydrogens (tertiary/aromatic N) is 3. The fourth-order valence-electron chi connectivity index (χ4n) is 1.85. The van der Waals surface area contributed by atoms with E-state index in [0.29, 0.717) is 5.69 Å². The number of methoxy groups -OCH3 is 1. The lowest BCUT2D eigenvalue weighted by Gasteiger charge is -2.18. The molecule has 0 saturated heterocycles. The van der Waals surface area contributed by atoms with E-state index in [1.54, 1.807) is 18.7 Å². The van der Waals surface area contributed by atoms with Crippen LogP contribution in [0.3, 0.4) is 0 Å². The number of rotatable bonds is 6. The molecule has 1 atom stereocenters. The van der Waals surface area contributed by atoms with E-state index in [-0.39, 0.29) is 17.8 Å². The normalized spacial score (nSPS) is 13.0. The van der Waals surface area contributed by atoms with E-state index >= 15 is 0 Å². The zero-order chi connectivity index (χ0) is 13.0. The van der Waals surface area contributed by atoms with Crippen LogP contribution in [0.2, 0.25) is 0 Å². The van der Waals surface area contributed by atoms with Gasteiger partial charge in [-0.25, -0.2) is 9.48 Å². The van der Waals surface area contributed by atoms with Crippen LogP contribution in [0, 0.1) is 0 Å². The lowest BCUT2D eigenvalue weighted by molar-refractivity contribution is 0.0672. The molecule has 0 aliphatic carbocycles. The van der Waals surface area contributed by atoms with E-state index in [1.807, 2.05) is 13.8 Å². The third-order valence-electron chi connectivity index (χ3n) is 2.96. The van der Waals surface area contributed by atoms with Crippen LogP contribution in [-0.2, 0) is 4.74 Å². The maximum atomic E-state index is 11.1. The van der Waals surface area contributed by atoms with Crippen LogP contribution < -0.4 is 0 Å². The van der Waals surface area contributed by atoms with Crippen molar-refractivity contribution in [2.45, 2.75) is 45.8 Å². The van der Waals surface area contributed by atoms with Gasteiger partial charge in [0.15, 0.2) is 5.69 Å². The summed E-state index contributed by atoms with van der Waals surface area (Å²) in [6, 6.07) is 0.156. The largest absolute Gasteiger partial charge is 0.476 e. The highest BCUT2D eigenvalue weighted by Crippen LogP contribution is 2.25. The number of ether oxygens (including phenoxy) is 1. The molecule has 0 aliphatic rings. The molecule has 1 aromatic rings. The van der Waals surface area contributed by atoms with Crippen LogP contribution in [0.5, 0.6) is 0 Å². The van der Waals surface area contributed by atoms with Crippen LogP contribution in [-0.4, -0.2) is 33.2 Å². The number of carboxylic acid groups (broad SMARTS) is 1. The van der Waals surface area contributed by atoms with Crippen molar-refractivity contribution in [3.8, 4) is 0 Å². The molecule has 0 bridgehead atoms. The zero-order valence-electron chi connectivity index (χ0n) is 10.7. The fraction of sp³-hybridized carbons (Fsp3) is 0.727. The van der Waals surface area contributed by atoms with E-state index in [0.717, 1.165) is 12.8 Å². The number of carboxylic acids is 1. The van der Waals surface area contributed by atoms with Crippen molar-refractivity contribution in [1.29, 1.82) is 0 Å². The minimum Gasteiger partial charge on any atom is -0.476 e. The average molecular weight is 241 g/mol. The predicted molar refractivity (Wildman–Crippen MR) is 62.0 cm³/mol. The molecule has 0 amide bonds. The molecular formula is C11H19N3O3. The van der Waals surface area contributed by atoms with E-state index in [2.05, 4.69) is 10.3 Å². The SMILES string of the molecule is CCC(CC)n1nnc(C(=O)O)c1C(C)OC. The standard InChI is InChI=1S/C11H19N3O3/c1-5-8(6-2)14-10(7(3)17-4)9(11(15)16)12-13-14/h7-8H,5-6H2,1-4H3,(H,15,16). The number of aromatic carboxylic acids is 1. The molecule has 1 rings (SSSR count). The summed E-state index contributed by atoms with van der Waals surface area (Å²) in [5.41, 5.74) is 0.514. The smallest absolute Gasteiger partial charge is 0.358 e. The maximum Gasteiger partial charge on any atom is 0.358 e. The van der Waals surface area contributed by atoms with Crippen molar-refractivity contribution in [3.63, 3.8) is 0 Å². The third kappa shape index (κ3) is 2.63. The first-order chi connectivity index (χ1) is 8.06. The fourth-order valence-corrected chi connectivity index (χ4v) is 1.85. The van der Waals surface area contributed by atoms with Gasteiger partial charge in [-0.3, -0.25) is 0 Å². The molecule has 6 heteroatoms. The second-order valence-corrected chi connectivity index (χ2v) is 3.92. The molecule has 96 valence electrons. The van der Waals surface area contributed by atoms with Crippen LogP contribution in [0.25, 0.3) is 0 Å². The van der Waals surface area contributed by atoms with Gasteiger partial charge < -0.3 is 9.84 Å². The lowest BCUT2D eigenvalue weighted by Crippen LogP contribution is -2.16. The average Bonchev–Trinajstić information content (AvgIpc) is 2.74. The van der Waals surface area contributed by atoms with Crippen molar-refractivity contribution in [1.82, 2.24) is 15.0 Å². The molecular weight excluding hydrogens is 222 g/mol. The van der Waals surface area contributed by atoms with E-state index in [9.17, 15) is 4.79 Å². The van der Waals surface area contributed by atoms with E-state index in [1.165, 1.54) is 0 Å². The molecule has 0 spiro atoms. The van der Waals surface area contributed by atoms with Gasteiger partial charge in [-0.1, -0.05) is 19.1 Å². The number of hydrogen-bond acceptors (Lipinski definition) is 4. The summed E-state index contributed by atoms with van der Waals surface area (Å²) in [6.07, 6.45) is 1.42. The Bertz CT molecular complexity index is 385. The molecule has 6 nitrogen and oxygen atoms in total. The topological polar surface area (TPSA) is 77.2 Å². The number of aromatic nitrogens is 3. The van der Waals surface area contributed by atoms with Crippen LogP contribution >= 0.6 is 0 Å². The van der Waals surface area contributed by atoms with Crippen molar-refractivity contribution in [2.24, 2.45) is 0 Å². The van der Waals surface area contributed by atoms with Gasteiger partial charge in [0, 0.05) is 7.11 Å². The quantitative estimate of drug-likeness (QED) is 0.824. The minimum absolute atomic E-state index is 0.0220. The molecule has 1 unspecified atom stereocenters. The van der Waals surface area contributed by atoms with Gasteiger partial charge in [0.05, 0.1) is 12.1 Å². The van der Waals surface area contributed by atoms with Crippen molar-refractivity contribution < 1.29 is 14.6 Å². The molecule has 0 saturated carbocycles. The van der Waals surface area contributed by atoms with Crippen LogP contribution in [0.15, 0.2) is 0 Å². The maximum absolute atomic E-state index is 11.1. The minimum atomic E-state index is -1.07. The summed E-state index contributed by atoms with van der Waals surface area (Å²) >= 11 is 0. The molecule has 0 aromatic carbocycles. The van der Waals surface area contributed by atoms with Gasteiger partial charge in [0.1, 0.15) is 5.69 Å². The Morgan fingerprint density at radius 1 is 1.47 bits per heavy atom. The molecule has 1 N–H and O–H groups in total. The Hall–Kier alpha value is -1.43. The van der Waals surface area contributed by atoms with Gasteiger partial charge in [-0.05, 0) is 19.8 Å². The monoisotopic (exact) mass is 241 g/mol. The first-order valence-corrected chi connectivity index (χ1v) is 5.77. The Labute approximate surface area is 101 Å². The summed E-state index contributed by atoms with van der Waals surface area (Å²) in [5, 5.41) is 16.8. The Kier molecular flexibility index (Phi) is 4.62. The van der Waals surface area contributed by atoms with E-state index < -0.39 is 5.97 Å². The summed E-state index contributed by atoms with van der Waals surface area (Å²) in [7, 11) is 1.54. The van der Waals surface area contributed by atoms with E-state index in [4.69, 9.17) is 9.84 Å². The first kappa shape index (κ1) is 13.6. The molecule has 0 aliphatic heterocycles. The van der Waals surface area contributed by atoms with Gasteiger partial charge in [-0.2, -0.15) is 0 Å². The first-order valence-electron chi connectivity index (χ1n) is 5.77. The summed E-state index contributed by atoms with van der Waals surface area (Å²) in [5.74, 6) is -1.07. The van der Waals surface area contributed by atoms with Crippen molar-refractivity contribution >= 4 is 5.97 Å².